The highest BCUT2D eigenvalue weighted by molar-refractivity contribution is 6.23. The van der Waals surface area contributed by atoms with E-state index in [2.05, 4.69) is 5.32 Å². The van der Waals surface area contributed by atoms with E-state index in [0.29, 0.717) is 29.3 Å². The minimum absolute atomic E-state index is 0.0593. The smallest absolute Gasteiger partial charge is 0.307 e. The fourth-order valence-corrected chi connectivity index (χ4v) is 3.02. The molecule has 0 radical (unpaired) electrons. The maximum Gasteiger partial charge on any atom is 0.307 e. The first-order valence-corrected chi connectivity index (χ1v) is 9.15. The van der Waals surface area contributed by atoms with Crippen molar-refractivity contribution in [2.75, 3.05) is 16.8 Å². The number of aliphatic carboxylic acids is 1. The molecule has 1 aliphatic rings. The van der Waals surface area contributed by atoms with Gasteiger partial charge in [-0.1, -0.05) is 19.1 Å². The van der Waals surface area contributed by atoms with E-state index < -0.39 is 12.0 Å². The van der Waals surface area contributed by atoms with Gasteiger partial charge in [0.2, 0.25) is 5.91 Å². The topological polar surface area (TPSA) is 95.9 Å². The van der Waals surface area contributed by atoms with Crippen molar-refractivity contribution in [1.82, 2.24) is 0 Å². The number of rotatable bonds is 8. The van der Waals surface area contributed by atoms with Crippen molar-refractivity contribution in [3.63, 3.8) is 0 Å². The highest BCUT2D eigenvalue weighted by atomic mass is 16.5. The van der Waals surface area contributed by atoms with Gasteiger partial charge in [-0.2, -0.15) is 0 Å². The zero-order valence-corrected chi connectivity index (χ0v) is 15.6. The summed E-state index contributed by atoms with van der Waals surface area (Å²) >= 11 is 0. The van der Waals surface area contributed by atoms with Gasteiger partial charge in [-0.3, -0.25) is 14.4 Å². The van der Waals surface area contributed by atoms with Gasteiger partial charge in [-0.15, -0.1) is 0 Å². The Bertz CT molecular complexity index is 861. The summed E-state index contributed by atoms with van der Waals surface area (Å²) in [5, 5.41) is 11.9. The molecule has 2 aromatic carbocycles. The minimum Gasteiger partial charge on any atom is -0.494 e. The number of carbonyl (C=O) groups is 3. The average molecular weight is 382 g/mol. The Morgan fingerprint density at radius 1 is 1.14 bits per heavy atom. The van der Waals surface area contributed by atoms with Gasteiger partial charge < -0.3 is 15.2 Å². The first-order valence-electron chi connectivity index (χ1n) is 9.15. The highest BCUT2D eigenvalue weighted by Gasteiger charge is 2.39. The van der Waals surface area contributed by atoms with Crippen molar-refractivity contribution in [1.29, 1.82) is 0 Å². The third kappa shape index (κ3) is 4.49. The molecule has 0 unspecified atom stereocenters. The lowest BCUT2D eigenvalue weighted by Crippen LogP contribution is -2.34. The second-order valence-electron chi connectivity index (χ2n) is 6.58. The van der Waals surface area contributed by atoms with Crippen molar-refractivity contribution in [2.45, 2.75) is 32.2 Å². The van der Waals surface area contributed by atoms with Crippen molar-refractivity contribution in [3.8, 4) is 5.75 Å². The molecule has 1 fully saturated rings. The van der Waals surface area contributed by atoms with Crippen LogP contribution in [0.25, 0.3) is 0 Å². The van der Waals surface area contributed by atoms with Gasteiger partial charge >= 0.3 is 5.97 Å². The summed E-state index contributed by atoms with van der Waals surface area (Å²) in [7, 11) is 0. The molecule has 3 rings (SSSR count). The molecular weight excluding hydrogens is 360 g/mol. The summed E-state index contributed by atoms with van der Waals surface area (Å²) in [4.78, 5) is 37.0. The van der Waals surface area contributed by atoms with E-state index in [0.717, 1.165) is 6.42 Å². The third-order valence-electron chi connectivity index (χ3n) is 4.36. The number of amides is 2. The van der Waals surface area contributed by atoms with E-state index in [1.807, 2.05) is 6.92 Å². The van der Waals surface area contributed by atoms with E-state index in [1.54, 1.807) is 48.5 Å². The Hall–Kier alpha value is -3.35. The SMILES string of the molecule is CCCOc1ccc(N2C(=O)C[C@@H](Nc3ccc(CC(=O)O)cc3)C2=O)cc1. The molecule has 0 aliphatic carbocycles. The molecule has 0 saturated carbocycles. The first kappa shape index (κ1) is 19.4. The second kappa shape index (κ2) is 8.56. The molecule has 0 aromatic heterocycles. The molecule has 7 nitrogen and oxygen atoms in total. The summed E-state index contributed by atoms with van der Waals surface area (Å²) in [5.41, 5.74) is 1.84. The molecule has 2 aromatic rings. The normalized spacial score (nSPS) is 16.3. The zero-order valence-electron chi connectivity index (χ0n) is 15.6. The number of carboxylic acid groups (broad SMARTS) is 1. The standard InChI is InChI=1S/C21H22N2O5/c1-2-11-28-17-9-7-16(8-10-17)23-19(24)13-18(21(23)27)22-15-5-3-14(4-6-15)12-20(25)26/h3-10,18,22H,2,11-13H2,1H3,(H,25,26)/t18-/m1/s1. The second-order valence-corrected chi connectivity index (χ2v) is 6.58. The van der Waals surface area contributed by atoms with Crippen molar-refractivity contribution in [2.24, 2.45) is 0 Å². The summed E-state index contributed by atoms with van der Waals surface area (Å²) in [6.45, 7) is 2.63. The van der Waals surface area contributed by atoms with Crippen LogP contribution >= 0.6 is 0 Å². The summed E-state index contributed by atoms with van der Waals surface area (Å²) in [5.74, 6) is -0.797. The number of hydrogen-bond donors (Lipinski definition) is 2. The molecule has 2 amide bonds. The number of nitrogens with zero attached hydrogens (tertiary/aromatic N) is 1. The quantitative estimate of drug-likeness (QED) is 0.682. The average Bonchev–Trinajstić information content (AvgIpc) is 2.95. The molecule has 2 N–H and O–H groups in total. The fraction of sp³-hybridized carbons (Fsp3) is 0.286. The van der Waals surface area contributed by atoms with Crippen molar-refractivity contribution in [3.05, 3.63) is 54.1 Å². The molecule has 1 atom stereocenters. The predicted molar refractivity (Wildman–Crippen MR) is 105 cm³/mol. The van der Waals surface area contributed by atoms with Gasteiger partial charge in [-0.05, 0) is 48.4 Å². The number of nitrogens with one attached hydrogen (secondary N) is 1. The molecule has 0 bridgehead atoms. The Balaban J connectivity index is 1.67. The molecular formula is C21H22N2O5. The molecule has 0 spiro atoms. The summed E-state index contributed by atoms with van der Waals surface area (Å²) in [6.07, 6.45) is 0.895. The Morgan fingerprint density at radius 3 is 2.43 bits per heavy atom. The van der Waals surface area contributed by atoms with Gasteiger partial charge in [0.15, 0.2) is 0 Å². The maximum atomic E-state index is 12.7. The lowest BCUT2D eigenvalue weighted by Gasteiger charge is -2.16. The summed E-state index contributed by atoms with van der Waals surface area (Å²) in [6, 6.07) is 13.0. The van der Waals surface area contributed by atoms with Crippen LogP contribution < -0.4 is 15.0 Å². The van der Waals surface area contributed by atoms with Crippen LogP contribution in [0.1, 0.15) is 25.3 Å². The molecule has 7 heteroatoms. The Labute approximate surface area is 162 Å². The third-order valence-corrected chi connectivity index (χ3v) is 4.36. The van der Waals surface area contributed by atoms with Crippen LogP contribution in [0.2, 0.25) is 0 Å². The Kier molecular flexibility index (Phi) is 5.93. The van der Waals surface area contributed by atoms with Gasteiger partial charge in [-0.25, -0.2) is 4.90 Å². The Morgan fingerprint density at radius 2 is 1.82 bits per heavy atom. The van der Waals surface area contributed by atoms with Gasteiger partial charge in [0.25, 0.3) is 5.91 Å². The molecule has 28 heavy (non-hydrogen) atoms. The van der Waals surface area contributed by atoms with Gasteiger partial charge in [0, 0.05) is 5.69 Å². The molecule has 1 aliphatic heterocycles. The number of ether oxygens (including phenoxy) is 1. The van der Waals surface area contributed by atoms with E-state index in [4.69, 9.17) is 9.84 Å². The van der Waals surface area contributed by atoms with E-state index >= 15 is 0 Å². The largest absolute Gasteiger partial charge is 0.494 e. The number of anilines is 2. The lowest BCUT2D eigenvalue weighted by atomic mass is 10.1. The number of hydrogen-bond acceptors (Lipinski definition) is 5. The van der Waals surface area contributed by atoms with Crippen LogP contribution in [0, 0.1) is 0 Å². The molecule has 146 valence electrons. The zero-order chi connectivity index (χ0) is 20.1. The highest BCUT2D eigenvalue weighted by Crippen LogP contribution is 2.27. The number of carbonyl (C=O) groups excluding carboxylic acids is 2. The van der Waals surface area contributed by atoms with E-state index in [-0.39, 0.29) is 24.7 Å². The fourth-order valence-electron chi connectivity index (χ4n) is 3.02. The number of imide groups is 1. The van der Waals surface area contributed by atoms with Crippen LogP contribution in [-0.4, -0.2) is 35.5 Å². The van der Waals surface area contributed by atoms with Crippen LogP contribution in [0.5, 0.6) is 5.75 Å². The van der Waals surface area contributed by atoms with Crippen LogP contribution in [0.4, 0.5) is 11.4 Å². The van der Waals surface area contributed by atoms with Gasteiger partial charge in [0.1, 0.15) is 11.8 Å². The van der Waals surface area contributed by atoms with E-state index in [9.17, 15) is 14.4 Å². The van der Waals surface area contributed by atoms with Crippen LogP contribution in [0.15, 0.2) is 48.5 Å². The first-order chi connectivity index (χ1) is 13.5. The maximum absolute atomic E-state index is 12.7. The lowest BCUT2D eigenvalue weighted by molar-refractivity contribution is -0.136. The van der Waals surface area contributed by atoms with Crippen molar-refractivity contribution >= 4 is 29.2 Å². The van der Waals surface area contributed by atoms with Crippen LogP contribution in [-0.2, 0) is 20.8 Å². The monoisotopic (exact) mass is 382 g/mol. The van der Waals surface area contributed by atoms with E-state index in [1.165, 1.54) is 4.90 Å². The number of benzene rings is 2. The summed E-state index contributed by atoms with van der Waals surface area (Å²) < 4.78 is 5.52. The van der Waals surface area contributed by atoms with Gasteiger partial charge in [0.05, 0.1) is 25.1 Å². The molecule has 1 heterocycles. The van der Waals surface area contributed by atoms with Crippen LogP contribution in [0.3, 0.4) is 0 Å². The van der Waals surface area contributed by atoms with Crippen molar-refractivity contribution < 1.29 is 24.2 Å². The minimum atomic E-state index is -0.904. The molecule has 1 saturated heterocycles. The predicted octanol–water partition coefficient (Wildman–Crippen LogP) is 2.85. The number of carboxylic acids is 1.